The second kappa shape index (κ2) is 8.16. The van der Waals surface area contributed by atoms with E-state index in [0.717, 1.165) is 12.8 Å². The summed E-state index contributed by atoms with van der Waals surface area (Å²) in [6, 6.07) is -1.50. The highest BCUT2D eigenvalue weighted by Gasteiger charge is 2.61. The quantitative estimate of drug-likeness (QED) is 0.460. The van der Waals surface area contributed by atoms with Crippen molar-refractivity contribution in [2.75, 3.05) is 13.7 Å². The summed E-state index contributed by atoms with van der Waals surface area (Å²) in [7, 11) is 1.28. The zero-order valence-corrected chi connectivity index (χ0v) is 18.1. The Kier molecular flexibility index (Phi) is 5.70. The van der Waals surface area contributed by atoms with E-state index in [0.29, 0.717) is 37.6 Å². The molecule has 2 N–H and O–H groups in total. The number of rotatable bonds is 7. The lowest BCUT2D eigenvalue weighted by molar-refractivity contribution is -0.148. The number of esters is 1. The topological polar surface area (TPSA) is 114 Å². The summed E-state index contributed by atoms with van der Waals surface area (Å²) in [5.41, 5.74) is -1.10. The largest absolute Gasteiger partial charge is 0.467 e. The molecule has 0 aromatic heterocycles. The van der Waals surface area contributed by atoms with Crippen molar-refractivity contribution in [3.8, 4) is 0 Å². The average Bonchev–Trinajstić information content (AvgIpc) is 3.52. The van der Waals surface area contributed by atoms with E-state index in [9.17, 15) is 19.2 Å². The molecule has 31 heavy (non-hydrogen) atoms. The minimum atomic E-state index is -1.10. The van der Waals surface area contributed by atoms with E-state index >= 15 is 0 Å². The van der Waals surface area contributed by atoms with E-state index in [4.69, 9.17) is 9.47 Å². The Morgan fingerprint density at radius 2 is 1.90 bits per heavy atom. The van der Waals surface area contributed by atoms with Crippen LogP contribution < -0.4 is 10.6 Å². The van der Waals surface area contributed by atoms with Crippen molar-refractivity contribution in [3.05, 3.63) is 12.7 Å². The number of nitrogens with zero attached hydrogens (tertiary/aromatic N) is 1. The molecule has 4 fully saturated rings. The highest BCUT2D eigenvalue weighted by molar-refractivity contribution is 5.96. The van der Waals surface area contributed by atoms with Crippen molar-refractivity contribution in [1.29, 1.82) is 0 Å². The first-order valence-corrected chi connectivity index (χ1v) is 11.1. The summed E-state index contributed by atoms with van der Waals surface area (Å²) in [4.78, 5) is 51.8. The van der Waals surface area contributed by atoms with Gasteiger partial charge in [-0.05, 0) is 57.3 Å². The molecule has 0 spiro atoms. The fourth-order valence-electron chi connectivity index (χ4n) is 5.22. The molecule has 9 nitrogen and oxygen atoms in total. The number of amides is 3. The Hall–Kier alpha value is -2.58. The van der Waals surface area contributed by atoms with E-state index in [1.54, 1.807) is 13.0 Å². The van der Waals surface area contributed by atoms with Gasteiger partial charge in [-0.1, -0.05) is 6.08 Å². The number of hydrogen-bond acceptors (Lipinski definition) is 6. The van der Waals surface area contributed by atoms with Crippen LogP contribution in [0.15, 0.2) is 12.7 Å². The SMILES string of the molecule is C=C[C@@H]1CC1(NC(=O)[C@@H]1CCCN1C(=O)[C@H](C)NC(=O)OC1C[C@@H]2C[C@@H]2C1)C(=O)OC. The first-order chi connectivity index (χ1) is 14.8. The smallest absolute Gasteiger partial charge is 0.408 e. The molecule has 170 valence electrons. The maximum absolute atomic E-state index is 13.0. The van der Waals surface area contributed by atoms with Gasteiger partial charge in [0.1, 0.15) is 23.7 Å². The van der Waals surface area contributed by atoms with Crippen molar-refractivity contribution >= 4 is 23.9 Å². The van der Waals surface area contributed by atoms with E-state index in [1.807, 2.05) is 0 Å². The number of fused-ring (bicyclic) bond motifs is 1. The highest BCUT2D eigenvalue weighted by atomic mass is 16.6. The van der Waals surface area contributed by atoms with Crippen LogP contribution in [0.2, 0.25) is 0 Å². The predicted octanol–water partition coefficient (Wildman–Crippen LogP) is 1.12. The van der Waals surface area contributed by atoms with Gasteiger partial charge in [0.15, 0.2) is 0 Å². The Labute approximate surface area is 181 Å². The third-order valence-electron chi connectivity index (χ3n) is 7.21. The van der Waals surface area contributed by atoms with Gasteiger partial charge in [0.25, 0.3) is 0 Å². The number of carbonyl (C=O) groups is 4. The first kappa shape index (κ1) is 21.6. The molecule has 1 saturated heterocycles. The Morgan fingerprint density at radius 3 is 2.52 bits per heavy atom. The third kappa shape index (κ3) is 4.14. The van der Waals surface area contributed by atoms with Crippen LogP contribution in [0.1, 0.15) is 45.4 Å². The minimum absolute atomic E-state index is 0.0674. The normalized spacial score (nSPS) is 36.1. The van der Waals surface area contributed by atoms with Crippen LogP contribution in [0.25, 0.3) is 0 Å². The monoisotopic (exact) mass is 433 g/mol. The zero-order valence-electron chi connectivity index (χ0n) is 18.1. The Morgan fingerprint density at radius 1 is 1.19 bits per heavy atom. The second-order valence-corrected chi connectivity index (χ2v) is 9.31. The molecule has 4 aliphatic rings. The van der Waals surface area contributed by atoms with Gasteiger partial charge in [0, 0.05) is 12.5 Å². The number of alkyl carbamates (subject to hydrolysis) is 1. The molecule has 4 rings (SSSR count). The average molecular weight is 434 g/mol. The van der Waals surface area contributed by atoms with Crippen LogP contribution in [0.3, 0.4) is 0 Å². The van der Waals surface area contributed by atoms with Gasteiger partial charge in [-0.15, -0.1) is 6.58 Å². The van der Waals surface area contributed by atoms with Crippen LogP contribution in [-0.2, 0) is 23.9 Å². The third-order valence-corrected chi connectivity index (χ3v) is 7.21. The number of hydrogen-bond donors (Lipinski definition) is 2. The summed E-state index contributed by atoms with van der Waals surface area (Å²) < 4.78 is 10.3. The predicted molar refractivity (Wildman–Crippen MR) is 110 cm³/mol. The minimum Gasteiger partial charge on any atom is -0.467 e. The molecule has 3 saturated carbocycles. The number of likely N-dealkylation sites (tertiary alicyclic amines) is 1. The summed E-state index contributed by atoms with van der Waals surface area (Å²) in [6.45, 7) is 5.71. The number of carbonyl (C=O) groups excluding carboxylic acids is 4. The van der Waals surface area contributed by atoms with E-state index in [-0.39, 0.29) is 23.8 Å². The molecule has 0 bridgehead atoms. The highest BCUT2D eigenvalue weighted by Crippen LogP contribution is 2.52. The van der Waals surface area contributed by atoms with E-state index in [2.05, 4.69) is 17.2 Å². The van der Waals surface area contributed by atoms with Crippen LogP contribution >= 0.6 is 0 Å². The Bertz CT molecular complexity index is 790. The molecule has 7 atom stereocenters. The van der Waals surface area contributed by atoms with Crippen LogP contribution in [0, 0.1) is 17.8 Å². The van der Waals surface area contributed by atoms with E-state index < -0.39 is 29.7 Å². The lowest BCUT2D eigenvalue weighted by Gasteiger charge is -2.28. The summed E-state index contributed by atoms with van der Waals surface area (Å²) in [6.07, 6.45) is 5.61. The van der Waals surface area contributed by atoms with Crippen LogP contribution in [0.5, 0.6) is 0 Å². The number of ether oxygens (including phenoxy) is 2. The van der Waals surface area contributed by atoms with Crippen molar-refractivity contribution in [1.82, 2.24) is 15.5 Å². The molecule has 2 unspecified atom stereocenters. The molecule has 9 heteroatoms. The maximum atomic E-state index is 13.0. The first-order valence-electron chi connectivity index (χ1n) is 11.1. The maximum Gasteiger partial charge on any atom is 0.408 e. The molecule has 0 radical (unpaired) electrons. The van der Waals surface area contributed by atoms with Crippen molar-refractivity contribution < 1.29 is 28.7 Å². The Balaban J connectivity index is 1.32. The van der Waals surface area contributed by atoms with Crippen LogP contribution in [0.4, 0.5) is 4.79 Å². The van der Waals surface area contributed by atoms with Crippen molar-refractivity contribution in [2.45, 2.75) is 69.2 Å². The lowest BCUT2D eigenvalue weighted by atomic mass is 10.1. The molecule has 0 aromatic rings. The molecule has 1 aliphatic heterocycles. The standard InChI is InChI=1S/C22H31N3O6/c1-4-15-11-22(15,20(28)30-3)24-18(26)17-6-5-7-25(17)19(27)12(2)23-21(29)31-16-9-13-8-14(13)10-16/h4,12-17H,1,5-11H2,2-3H3,(H,23,29)(H,24,26)/t12-,13-,14+,15+,16?,17-,22?/m0/s1. The molecular weight excluding hydrogens is 402 g/mol. The molecule has 1 heterocycles. The van der Waals surface area contributed by atoms with Crippen molar-refractivity contribution in [3.63, 3.8) is 0 Å². The van der Waals surface area contributed by atoms with Gasteiger partial charge in [-0.2, -0.15) is 0 Å². The number of methoxy groups -OCH3 is 1. The number of nitrogens with one attached hydrogen (secondary N) is 2. The van der Waals surface area contributed by atoms with Gasteiger partial charge >= 0.3 is 12.1 Å². The van der Waals surface area contributed by atoms with E-state index in [1.165, 1.54) is 18.4 Å². The van der Waals surface area contributed by atoms with Gasteiger partial charge in [-0.3, -0.25) is 9.59 Å². The molecule has 3 amide bonds. The van der Waals surface area contributed by atoms with Gasteiger partial charge in [0.05, 0.1) is 7.11 Å². The second-order valence-electron chi connectivity index (χ2n) is 9.31. The molecular formula is C22H31N3O6. The van der Waals surface area contributed by atoms with Gasteiger partial charge < -0.3 is 25.0 Å². The van der Waals surface area contributed by atoms with Crippen molar-refractivity contribution in [2.24, 2.45) is 17.8 Å². The fourth-order valence-corrected chi connectivity index (χ4v) is 5.22. The lowest BCUT2D eigenvalue weighted by Crippen LogP contribution is -2.56. The summed E-state index contributed by atoms with van der Waals surface area (Å²) >= 11 is 0. The summed E-state index contributed by atoms with van der Waals surface area (Å²) in [5, 5.41) is 5.40. The van der Waals surface area contributed by atoms with Gasteiger partial charge in [-0.25, -0.2) is 9.59 Å². The molecule has 0 aromatic carbocycles. The fraction of sp³-hybridized carbons (Fsp3) is 0.727. The van der Waals surface area contributed by atoms with Gasteiger partial charge in [0.2, 0.25) is 11.8 Å². The summed E-state index contributed by atoms with van der Waals surface area (Å²) in [5.74, 6) is -0.0367. The molecule has 3 aliphatic carbocycles. The van der Waals surface area contributed by atoms with Crippen LogP contribution in [-0.4, -0.2) is 66.2 Å². The zero-order chi connectivity index (χ0) is 22.3.